The van der Waals surface area contributed by atoms with E-state index in [4.69, 9.17) is 0 Å². The van der Waals surface area contributed by atoms with Gasteiger partial charge in [0.2, 0.25) is 5.91 Å². The number of nitriles is 1. The fourth-order valence-corrected chi connectivity index (χ4v) is 4.52. The summed E-state index contributed by atoms with van der Waals surface area (Å²) in [4.78, 5) is 19.6. The Hall–Kier alpha value is -3.28. The van der Waals surface area contributed by atoms with Gasteiger partial charge in [0, 0.05) is 30.3 Å². The summed E-state index contributed by atoms with van der Waals surface area (Å²) >= 11 is 0. The minimum atomic E-state index is -1.06. The molecular weight excluding hydrogens is 385 g/mol. The van der Waals surface area contributed by atoms with Gasteiger partial charge in [-0.1, -0.05) is 6.92 Å². The monoisotopic (exact) mass is 407 g/mol. The predicted octanol–water partition coefficient (Wildman–Crippen LogP) is 3.22. The highest BCUT2D eigenvalue weighted by atomic mass is 19.1. The lowest BCUT2D eigenvalue weighted by atomic mass is 9.75. The molecule has 5 rings (SSSR count). The number of rotatable bonds is 4. The molecule has 3 aromatic rings. The van der Waals surface area contributed by atoms with Crippen LogP contribution in [0.2, 0.25) is 0 Å². The molecule has 30 heavy (non-hydrogen) atoms. The van der Waals surface area contributed by atoms with Crippen LogP contribution in [0.1, 0.15) is 39.7 Å². The fourth-order valence-electron chi connectivity index (χ4n) is 4.52. The molecule has 8 nitrogen and oxygen atoms in total. The zero-order valence-electron chi connectivity index (χ0n) is 17.1. The maximum atomic E-state index is 14.6. The third-order valence-electron chi connectivity index (χ3n) is 6.35. The fraction of sp³-hybridized carbons (Fsp3) is 0.476. The highest BCUT2D eigenvalue weighted by Crippen LogP contribution is 2.54. The van der Waals surface area contributed by atoms with E-state index in [9.17, 15) is 14.4 Å². The van der Waals surface area contributed by atoms with E-state index in [1.165, 1.54) is 9.42 Å². The van der Waals surface area contributed by atoms with Crippen molar-refractivity contribution in [1.29, 1.82) is 5.26 Å². The predicted molar refractivity (Wildman–Crippen MR) is 107 cm³/mol. The Morgan fingerprint density at radius 2 is 2.03 bits per heavy atom. The van der Waals surface area contributed by atoms with Crippen LogP contribution in [0, 0.1) is 34.4 Å². The lowest BCUT2D eigenvalue weighted by molar-refractivity contribution is -0.124. The third kappa shape index (κ3) is 2.49. The first-order valence-corrected chi connectivity index (χ1v) is 10.2. The van der Waals surface area contributed by atoms with Crippen molar-refractivity contribution in [3.8, 4) is 17.3 Å². The van der Waals surface area contributed by atoms with Gasteiger partial charge in [0.15, 0.2) is 11.6 Å². The number of hydrogen-bond donors (Lipinski definition) is 0. The number of anilines is 1. The molecule has 1 saturated heterocycles. The number of aromatic nitrogens is 5. The van der Waals surface area contributed by atoms with Gasteiger partial charge < -0.3 is 0 Å². The van der Waals surface area contributed by atoms with Crippen LogP contribution in [0.3, 0.4) is 0 Å². The van der Waals surface area contributed by atoms with Crippen molar-refractivity contribution >= 4 is 17.2 Å². The molecule has 0 aromatic carbocycles. The van der Waals surface area contributed by atoms with Gasteiger partial charge >= 0.3 is 0 Å². The zero-order valence-corrected chi connectivity index (χ0v) is 17.1. The Balaban J connectivity index is 1.66. The summed E-state index contributed by atoms with van der Waals surface area (Å²) in [6.07, 6.45) is 8.04. The molecule has 0 radical (unpaired) electrons. The molecular formula is C21H22FN7O. The van der Waals surface area contributed by atoms with Gasteiger partial charge in [-0.05, 0) is 32.6 Å². The molecule has 154 valence electrons. The first-order valence-electron chi connectivity index (χ1n) is 10.2. The molecule has 4 heterocycles. The standard InChI is InChI=1S/C21H22FN7O/c1-12(2)28-9-14(6-24-28)17-10-29-18(16(22)7-25-29)19(26-17)27-8-13(3)21(11-23,20(27)30)15-4-5-15/h6-7,9-10,12-13,15H,4-5,8H2,1-3H3/t13-,21+/m1/s1. The van der Waals surface area contributed by atoms with Crippen molar-refractivity contribution in [2.75, 3.05) is 11.4 Å². The number of carbonyl (C=O) groups is 1. The van der Waals surface area contributed by atoms with E-state index in [-0.39, 0.29) is 35.1 Å². The second-order valence-corrected chi connectivity index (χ2v) is 8.61. The molecule has 1 aliphatic carbocycles. The maximum absolute atomic E-state index is 14.6. The molecule has 1 aliphatic heterocycles. The Labute approximate surface area is 172 Å². The van der Waals surface area contributed by atoms with Crippen molar-refractivity contribution in [3.63, 3.8) is 0 Å². The molecule has 0 N–H and O–H groups in total. The highest BCUT2D eigenvalue weighted by Gasteiger charge is 2.61. The number of nitrogens with zero attached hydrogens (tertiary/aromatic N) is 7. The Morgan fingerprint density at radius 3 is 2.67 bits per heavy atom. The van der Waals surface area contributed by atoms with Gasteiger partial charge in [0.25, 0.3) is 0 Å². The molecule has 0 unspecified atom stereocenters. The SMILES string of the molecule is CC(C)n1cc(-c2cn3ncc(F)c3c(N3C[C@@H](C)[C@@](C#N)(C4CC4)C3=O)n2)cn1. The van der Waals surface area contributed by atoms with E-state index in [2.05, 4.69) is 21.3 Å². The van der Waals surface area contributed by atoms with Crippen LogP contribution >= 0.6 is 0 Å². The van der Waals surface area contributed by atoms with E-state index < -0.39 is 11.2 Å². The number of carbonyl (C=O) groups excluding carboxylic acids is 1. The van der Waals surface area contributed by atoms with Gasteiger partial charge in [-0.3, -0.25) is 14.4 Å². The summed E-state index contributed by atoms with van der Waals surface area (Å²) < 4.78 is 17.8. The smallest absolute Gasteiger partial charge is 0.249 e. The van der Waals surface area contributed by atoms with Gasteiger partial charge in [-0.15, -0.1) is 0 Å². The lowest BCUT2D eigenvalue weighted by Gasteiger charge is -2.23. The highest BCUT2D eigenvalue weighted by molar-refractivity contribution is 6.04. The maximum Gasteiger partial charge on any atom is 0.249 e. The number of hydrogen-bond acceptors (Lipinski definition) is 5. The molecule has 2 fully saturated rings. The molecule has 0 spiro atoms. The molecule has 3 aromatic heterocycles. The first kappa shape index (κ1) is 18.7. The molecule has 1 amide bonds. The van der Waals surface area contributed by atoms with Crippen LogP contribution in [-0.4, -0.2) is 36.8 Å². The minimum Gasteiger partial charge on any atom is -0.293 e. The molecule has 2 atom stereocenters. The van der Waals surface area contributed by atoms with Crippen LogP contribution in [0.4, 0.5) is 10.2 Å². The summed E-state index contributed by atoms with van der Waals surface area (Å²) in [7, 11) is 0. The minimum absolute atomic E-state index is 0.0632. The second kappa shape index (κ2) is 6.36. The first-order chi connectivity index (χ1) is 14.4. The van der Waals surface area contributed by atoms with Crippen LogP contribution in [-0.2, 0) is 4.79 Å². The number of halogens is 1. The van der Waals surface area contributed by atoms with Crippen molar-refractivity contribution in [2.45, 2.75) is 39.7 Å². The van der Waals surface area contributed by atoms with E-state index in [1.54, 1.807) is 17.1 Å². The van der Waals surface area contributed by atoms with Crippen molar-refractivity contribution < 1.29 is 9.18 Å². The van der Waals surface area contributed by atoms with Gasteiger partial charge in [-0.2, -0.15) is 15.5 Å². The normalized spacial score (nSPS) is 24.2. The quantitative estimate of drug-likeness (QED) is 0.662. The van der Waals surface area contributed by atoms with Crippen LogP contribution in [0.15, 0.2) is 24.8 Å². The third-order valence-corrected chi connectivity index (χ3v) is 6.35. The van der Waals surface area contributed by atoms with Crippen LogP contribution in [0.5, 0.6) is 0 Å². The Bertz CT molecular complexity index is 1200. The summed E-state index contributed by atoms with van der Waals surface area (Å²) in [6.45, 7) is 6.28. The summed E-state index contributed by atoms with van der Waals surface area (Å²) in [5.74, 6) is -0.737. The van der Waals surface area contributed by atoms with Crippen molar-refractivity contribution in [1.82, 2.24) is 24.4 Å². The molecule has 0 bridgehead atoms. The van der Waals surface area contributed by atoms with Crippen molar-refractivity contribution in [3.05, 3.63) is 30.6 Å². The van der Waals surface area contributed by atoms with Crippen molar-refractivity contribution in [2.24, 2.45) is 17.3 Å². The summed E-state index contributed by atoms with van der Waals surface area (Å²) in [5, 5.41) is 18.4. The van der Waals surface area contributed by atoms with Crippen LogP contribution < -0.4 is 4.90 Å². The second-order valence-electron chi connectivity index (χ2n) is 8.61. The van der Waals surface area contributed by atoms with E-state index in [0.717, 1.165) is 24.6 Å². The van der Waals surface area contributed by atoms with Gasteiger partial charge in [-0.25, -0.2) is 13.9 Å². The average Bonchev–Trinajstić information content (AvgIpc) is 3.22. The van der Waals surface area contributed by atoms with Crippen LogP contribution in [0.25, 0.3) is 16.8 Å². The largest absolute Gasteiger partial charge is 0.293 e. The summed E-state index contributed by atoms with van der Waals surface area (Å²) in [6, 6.07) is 2.49. The van der Waals surface area contributed by atoms with E-state index in [0.29, 0.717) is 12.2 Å². The van der Waals surface area contributed by atoms with E-state index in [1.807, 2.05) is 27.0 Å². The zero-order chi connectivity index (χ0) is 21.2. The van der Waals surface area contributed by atoms with Gasteiger partial charge in [0.1, 0.15) is 10.9 Å². The molecule has 1 saturated carbocycles. The van der Waals surface area contributed by atoms with E-state index >= 15 is 0 Å². The number of fused-ring (bicyclic) bond motifs is 1. The molecule has 9 heteroatoms. The Kier molecular flexibility index (Phi) is 3.97. The Morgan fingerprint density at radius 1 is 1.27 bits per heavy atom. The lowest BCUT2D eigenvalue weighted by Crippen LogP contribution is -2.37. The average molecular weight is 407 g/mol. The van der Waals surface area contributed by atoms with Gasteiger partial charge in [0.05, 0.1) is 30.4 Å². The molecule has 2 aliphatic rings. The number of amides is 1. The topological polar surface area (TPSA) is 92.1 Å². The summed E-state index contributed by atoms with van der Waals surface area (Å²) in [5.41, 5.74) is 0.360.